The first-order chi connectivity index (χ1) is 12.3. The van der Waals surface area contributed by atoms with Crippen molar-refractivity contribution < 1.29 is 9.47 Å². The summed E-state index contributed by atoms with van der Waals surface area (Å²) >= 11 is 1.80. The molecule has 0 spiro atoms. The van der Waals surface area contributed by atoms with Crippen LogP contribution in [-0.4, -0.2) is 69.0 Å². The zero-order chi connectivity index (χ0) is 17.9. The van der Waals surface area contributed by atoms with Gasteiger partial charge in [0.25, 0.3) is 0 Å². The van der Waals surface area contributed by atoms with Crippen molar-refractivity contribution in [1.82, 2.24) is 15.2 Å². The minimum Gasteiger partial charge on any atom is -0.382 e. The Balaban J connectivity index is 1.78. The van der Waals surface area contributed by atoms with Crippen molar-refractivity contribution in [1.29, 1.82) is 0 Å². The molecule has 142 valence electrons. The van der Waals surface area contributed by atoms with Crippen molar-refractivity contribution >= 4 is 17.3 Å². The first-order valence-electron chi connectivity index (χ1n) is 9.30. The van der Waals surface area contributed by atoms with Gasteiger partial charge in [-0.25, -0.2) is 4.98 Å². The molecule has 0 aromatic carbocycles. The number of aryl methyl sites for hydroxylation is 1. The number of hydrogen-bond donors (Lipinski definition) is 1. The summed E-state index contributed by atoms with van der Waals surface area (Å²) in [7, 11) is 1.70. The fourth-order valence-electron chi connectivity index (χ4n) is 2.86. The molecule has 0 saturated carbocycles. The quantitative estimate of drug-likeness (QED) is 0.390. The predicted octanol–water partition coefficient (Wildman–Crippen LogP) is 2.20. The van der Waals surface area contributed by atoms with Crippen LogP contribution in [0.15, 0.2) is 11.2 Å². The molecule has 25 heavy (non-hydrogen) atoms. The lowest BCUT2D eigenvalue weighted by atomic mass is 10.1. The summed E-state index contributed by atoms with van der Waals surface area (Å²) < 4.78 is 10.7. The molecule has 1 N–H and O–H groups in total. The molecular formula is C18H32N4O2S. The van der Waals surface area contributed by atoms with Gasteiger partial charge in [0.1, 0.15) is 0 Å². The molecule has 1 aliphatic rings. The Morgan fingerprint density at radius 3 is 3.04 bits per heavy atom. The van der Waals surface area contributed by atoms with Crippen LogP contribution in [0.5, 0.6) is 0 Å². The Bertz CT molecular complexity index is 521. The second-order valence-corrected chi connectivity index (χ2v) is 7.43. The van der Waals surface area contributed by atoms with E-state index in [4.69, 9.17) is 14.5 Å². The van der Waals surface area contributed by atoms with E-state index in [9.17, 15) is 0 Å². The predicted molar refractivity (Wildman–Crippen MR) is 104 cm³/mol. The molecule has 1 atom stereocenters. The van der Waals surface area contributed by atoms with E-state index in [1.807, 2.05) is 6.20 Å². The van der Waals surface area contributed by atoms with Gasteiger partial charge < -0.3 is 19.7 Å². The normalized spacial score (nSPS) is 18.1. The fraction of sp³-hybridized carbons (Fsp3) is 0.778. The number of nitrogens with one attached hydrogen (secondary N) is 1. The summed E-state index contributed by atoms with van der Waals surface area (Å²) in [6.07, 6.45) is 5.12. The third-order valence-corrected chi connectivity index (χ3v) is 5.44. The molecule has 1 fully saturated rings. The van der Waals surface area contributed by atoms with Gasteiger partial charge in [-0.05, 0) is 19.8 Å². The lowest BCUT2D eigenvalue weighted by Gasteiger charge is -2.21. The molecule has 0 radical (unpaired) electrons. The SMILES string of the molecule is CCNC(=NCCc1ncc(CC)s1)N1CCC(COCCOC)C1. The van der Waals surface area contributed by atoms with E-state index >= 15 is 0 Å². The van der Waals surface area contributed by atoms with Gasteiger partial charge in [0, 0.05) is 56.7 Å². The number of ether oxygens (including phenoxy) is 2. The van der Waals surface area contributed by atoms with E-state index in [0.29, 0.717) is 19.1 Å². The topological polar surface area (TPSA) is 59.0 Å². The molecular weight excluding hydrogens is 336 g/mol. The minimum absolute atomic E-state index is 0.576. The highest BCUT2D eigenvalue weighted by molar-refractivity contribution is 7.11. The summed E-state index contributed by atoms with van der Waals surface area (Å²) in [6.45, 7) is 10.2. The lowest BCUT2D eigenvalue weighted by Crippen LogP contribution is -2.40. The highest BCUT2D eigenvalue weighted by Crippen LogP contribution is 2.17. The van der Waals surface area contributed by atoms with Gasteiger partial charge in [-0.15, -0.1) is 11.3 Å². The van der Waals surface area contributed by atoms with Crippen LogP contribution in [0.2, 0.25) is 0 Å². The van der Waals surface area contributed by atoms with Crippen molar-refractivity contribution in [3.05, 3.63) is 16.1 Å². The van der Waals surface area contributed by atoms with E-state index in [0.717, 1.165) is 58.0 Å². The maximum atomic E-state index is 5.68. The summed E-state index contributed by atoms with van der Waals surface area (Å²) in [5, 5.41) is 4.60. The van der Waals surface area contributed by atoms with Crippen LogP contribution in [0, 0.1) is 5.92 Å². The summed E-state index contributed by atoms with van der Waals surface area (Å²) in [5.41, 5.74) is 0. The van der Waals surface area contributed by atoms with Gasteiger partial charge in [-0.1, -0.05) is 6.92 Å². The summed E-state index contributed by atoms with van der Waals surface area (Å²) in [5.74, 6) is 1.60. The van der Waals surface area contributed by atoms with E-state index < -0.39 is 0 Å². The first kappa shape index (κ1) is 20.1. The summed E-state index contributed by atoms with van der Waals surface area (Å²) in [6, 6.07) is 0. The monoisotopic (exact) mass is 368 g/mol. The molecule has 0 amide bonds. The van der Waals surface area contributed by atoms with Crippen molar-refractivity contribution in [3.63, 3.8) is 0 Å². The molecule has 1 aromatic heterocycles. The van der Waals surface area contributed by atoms with E-state index in [2.05, 4.69) is 29.0 Å². The fourth-order valence-corrected chi connectivity index (χ4v) is 3.71. The Morgan fingerprint density at radius 1 is 1.44 bits per heavy atom. The van der Waals surface area contributed by atoms with Crippen LogP contribution in [0.3, 0.4) is 0 Å². The zero-order valence-electron chi connectivity index (χ0n) is 15.8. The Morgan fingerprint density at radius 2 is 2.32 bits per heavy atom. The number of aromatic nitrogens is 1. The summed E-state index contributed by atoms with van der Waals surface area (Å²) in [4.78, 5) is 13.0. The molecule has 0 aliphatic carbocycles. The van der Waals surface area contributed by atoms with Crippen molar-refractivity contribution in [2.24, 2.45) is 10.9 Å². The highest BCUT2D eigenvalue weighted by atomic mass is 32.1. The largest absolute Gasteiger partial charge is 0.382 e. The number of hydrogen-bond acceptors (Lipinski definition) is 5. The molecule has 6 nitrogen and oxygen atoms in total. The molecule has 1 unspecified atom stereocenters. The number of nitrogens with zero attached hydrogens (tertiary/aromatic N) is 3. The second kappa shape index (κ2) is 11.4. The highest BCUT2D eigenvalue weighted by Gasteiger charge is 2.24. The van der Waals surface area contributed by atoms with Gasteiger partial charge in [0.05, 0.1) is 24.8 Å². The second-order valence-electron chi connectivity index (χ2n) is 6.23. The van der Waals surface area contributed by atoms with Crippen molar-refractivity contribution in [2.45, 2.75) is 33.1 Å². The maximum absolute atomic E-state index is 5.68. The Kier molecular flexibility index (Phi) is 9.21. The zero-order valence-corrected chi connectivity index (χ0v) is 16.6. The minimum atomic E-state index is 0.576. The smallest absolute Gasteiger partial charge is 0.193 e. The molecule has 2 rings (SSSR count). The maximum Gasteiger partial charge on any atom is 0.193 e. The Hall–Kier alpha value is -1.18. The number of likely N-dealkylation sites (tertiary alicyclic amines) is 1. The van der Waals surface area contributed by atoms with Crippen LogP contribution in [0.1, 0.15) is 30.2 Å². The molecule has 1 aromatic rings. The number of rotatable bonds is 10. The molecule has 1 saturated heterocycles. The van der Waals surface area contributed by atoms with Gasteiger partial charge in [0.2, 0.25) is 0 Å². The van der Waals surface area contributed by atoms with E-state index in [1.54, 1.807) is 18.4 Å². The number of methoxy groups -OCH3 is 1. The van der Waals surface area contributed by atoms with E-state index in [-0.39, 0.29) is 0 Å². The molecule has 7 heteroatoms. The number of aliphatic imine (C=N–C) groups is 1. The van der Waals surface area contributed by atoms with Gasteiger partial charge >= 0.3 is 0 Å². The van der Waals surface area contributed by atoms with Gasteiger partial charge in [0.15, 0.2) is 5.96 Å². The van der Waals surface area contributed by atoms with Gasteiger partial charge in [-0.2, -0.15) is 0 Å². The Labute approximate surface area is 155 Å². The number of guanidine groups is 1. The lowest BCUT2D eigenvalue weighted by molar-refractivity contribution is 0.0536. The van der Waals surface area contributed by atoms with Crippen molar-refractivity contribution in [2.75, 3.05) is 53.1 Å². The van der Waals surface area contributed by atoms with Crippen LogP contribution in [-0.2, 0) is 22.3 Å². The molecule has 0 bridgehead atoms. The first-order valence-corrected chi connectivity index (χ1v) is 10.1. The van der Waals surface area contributed by atoms with Crippen LogP contribution in [0.4, 0.5) is 0 Å². The molecule has 2 heterocycles. The average Bonchev–Trinajstić information content (AvgIpc) is 3.27. The van der Waals surface area contributed by atoms with Crippen LogP contribution >= 0.6 is 11.3 Å². The van der Waals surface area contributed by atoms with Crippen LogP contribution < -0.4 is 5.32 Å². The van der Waals surface area contributed by atoms with E-state index in [1.165, 1.54) is 9.88 Å². The third-order valence-electron chi connectivity index (χ3n) is 4.24. The number of thiazole rings is 1. The van der Waals surface area contributed by atoms with Gasteiger partial charge in [-0.3, -0.25) is 4.99 Å². The molecule has 1 aliphatic heterocycles. The van der Waals surface area contributed by atoms with Crippen molar-refractivity contribution in [3.8, 4) is 0 Å². The average molecular weight is 369 g/mol. The third kappa shape index (κ3) is 6.92. The standard InChI is InChI=1S/C18H32N4O2S/c1-4-16-12-21-17(25-16)6-8-20-18(19-5-2)22-9-7-15(13-22)14-24-11-10-23-3/h12,15H,4-11,13-14H2,1-3H3,(H,19,20). The van der Waals surface area contributed by atoms with Crippen LogP contribution in [0.25, 0.3) is 0 Å².